The minimum Gasteiger partial charge on any atom is -0.494 e. The van der Waals surface area contributed by atoms with Crippen LogP contribution in [0.1, 0.15) is 25.8 Å². The van der Waals surface area contributed by atoms with E-state index in [9.17, 15) is 0 Å². The predicted molar refractivity (Wildman–Crippen MR) is 68.7 cm³/mol. The maximum absolute atomic E-state index is 5.39. The summed E-state index contributed by atoms with van der Waals surface area (Å²) < 4.78 is 5.39. The summed E-state index contributed by atoms with van der Waals surface area (Å²) in [6.07, 6.45) is 2.94. The van der Waals surface area contributed by atoms with E-state index < -0.39 is 0 Å². The lowest BCUT2D eigenvalue weighted by atomic mass is 10.2. The molecule has 1 atom stereocenters. The van der Waals surface area contributed by atoms with Crippen molar-refractivity contribution >= 4 is 0 Å². The van der Waals surface area contributed by atoms with Crippen LogP contribution < -0.4 is 10.1 Å². The van der Waals surface area contributed by atoms with Crippen LogP contribution in [0.4, 0.5) is 0 Å². The highest BCUT2D eigenvalue weighted by atomic mass is 16.5. The second kappa shape index (κ2) is 7.07. The Kier molecular flexibility index (Phi) is 5.65. The Balaban J connectivity index is 2.39. The molecule has 0 amide bonds. The van der Waals surface area contributed by atoms with Gasteiger partial charge in [0.2, 0.25) is 0 Å². The van der Waals surface area contributed by atoms with Crippen molar-refractivity contribution in [3.05, 3.63) is 42.5 Å². The molecule has 0 aromatic heterocycles. The Morgan fingerprint density at radius 2 is 2.06 bits per heavy atom. The first kappa shape index (κ1) is 12.8. The summed E-state index contributed by atoms with van der Waals surface area (Å²) >= 11 is 0. The Hall–Kier alpha value is -1.28. The molecule has 1 aromatic rings. The highest BCUT2D eigenvalue weighted by molar-refractivity contribution is 5.27. The summed E-state index contributed by atoms with van der Waals surface area (Å²) in [5.41, 5.74) is 1.28. The summed E-state index contributed by atoms with van der Waals surface area (Å²) in [6.45, 7) is 9.49. The summed E-state index contributed by atoms with van der Waals surface area (Å²) in [5.74, 6) is 0.936. The molecule has 16 heavy (non-hydrogen) atoms. The zero-order valence-electron chi connectivity index (χ0n) is 10.2. The van der Waals surface area contributed by atoms with E-state index in [1.54, 1.807) is 0 Å². The molecule has 0 saturated carbocycles. The molecule has 0 radical (unpaired) electrons. The van der Waals surface area contributed by atoms with Crippen molar-refractivity contribution in [2.45, 2.75) is 32.9 Å². The SMILES string of the molecule is C=CCC(C)NCc1ccc(OCC)cc1. The lowest BCUT2D eigenvalue weighted by molar-refractivity contribution is 0.340. The van der Waals surface area contributed by atoms with E-state index in [2.05, 4.69) is 31.0 Å². The normalized spacial score (nSPS) is 12.1. The monoisotopic (exact) mass is 219 g/mol. The van der Waals surface area contributed by atoms with Gasteiger partial charge in [0.15, 0.2) is 0 Å². The molecule has 1 N–H and O–H groups in total. The zero-order valence-corrected chi connectivity index (χ0v) is 10.2. The van der Waals surface area contributed by atoms with Crippen LogP contribution in [0.3, 0.4) is 0 Å². The van der Waals surface area contributed by atoms with Crippen molar-refractivity contribution in [3.63, 3.8) is 0 Å². The number of ether oxygens (including phenoxy) is 1. The molecule has 0 bridgehead atoms. The van der Waals surface area contributed by atoms with Crippen molar-refractivity contribution in [1.29, 1.82) is 0 Å². The highest BCUT2D eigenvalue weighted by Crippen LogP contribution is 2.12. The average molecular weight is 219 g/mol. The minimum atomic E-state index is 0.476. The van der Waals surface area contributed by atoms with Crippen LogP contribution in [0.2, 0.25) is 0 Å². The average Bonchev–Trinajstić information content (AvgIpc) is 2.29. The molecule has 1 aromatic carbocycles. The second-order valence-electron chi connectivity index (χ2n) is 3.88. The third-order valence-corrected chi connectivity index (χ3v) is 2.41. The van der Waals surface area contributed by atoms with Crippen molar-refractivity contribution in [1.82, 2.24) is 5.32 Å². The lowest BCUT2D eigenvalue weighted by Gasteiger charge is -2.11. The largest absolute Gasteiger partial charge is 0.494 e. The third kappa shape index (κ3) is 4.49. The van der Waals surface area contributed by atoms with Crippen LogP contribution in [0.25, 0.3) is 0 Å². The Morgan fingerprint density at radius 3 is 2.62 bits per heavy atom. The first-order valence-corrected chi connectivity index (χ1v) is 5.82. The third-order valence-electron chi connectivity index (χ3n) is 2.41. The Labute approximate surface area is 98.3 Å². The molecule has 2 heteroatoms. The fourth-order valence-electron chi connectivity index (χ4n) is 1.50. The van der Waals surface area contributed by atoms with Crippen molar-refractivity contribution in [3.8, 4) is 5.75 Å². The topological polar surface area (TPSA) is 21.3 Å². The molecule has 0 heterocycles. The minimum absolute atomic E-state index is 0.476. The molecule has 0 aliphatic heterocycles. The van der Waals surface area contributed by atoms with E-state index in [0.29, 0.717) is 12.6 Å². The molecule has 1 unspecified atom stereocenters. The van der Waals surface area contributed by atoms with Crippen LogP contribution >= 0.6 is 0 Å². The van der Waals surface area contributed by atoms with E-state index in [1.807, 2.05) is 25.1 Å². The first-order valence-electron chi connectivity index (χ1n) is 5.82. The molecule has 0 aliphatic rings. The van der Waals surface area contributed by atoms with Gasteiger partial charge in [0.1, 0.15) is 5.75 Å². The highest BCUT2D eigenvalue weighted by Gasteiger charge is 1.99. The van der Waals surface area contributed by atoms with Gasteiger partial charge in [-0.1, -0.05) is 18.2 Å². The van der Waals surface area contributed by atoms with Crippen LogP contribution in [0.5, 0.6) is 5.75 Å². The van der Waals surface area contributed by atoms with Gasteiger partial charge < -0.3 is 10.1 Å². The fraction of sp³-hybridized carbons (Fsp3) is 0.429. The smallest absolute Gasteiger partial charge is 0.119 e. The molecule has 0 spiro atoms. The van der Waals surface area contributed by atoms with Crippen molar-refractivity contribution in [2.75, 3.05) is 6.61 Å². The maximum Gasteiger partial charge on any atom is 0.119 e. The summed E-state index contributed by atoms with van der Waals surface area (Å²) in [5, 5.41) is 3.44. The number of nitrogens with one attached hydrogen (secondary N) is 1. The van der Waals surface area contributed by atoms with Gasteiger partial charge >= 0.3 is 0 Å². The van der Waals surface area contributed by atoms with E-state index in [4.69, 9.17) is 4.74 Å². The van der Waals surface area contributed by atoms with Gasteiger partial charge in [-0.05, 0) is 38.0 Å². The quantitative estimate of drug-likeness (QED) is 0.711. The summed E-state index contributed by atoms with van der Waals surface area (Å²) in [4.78, 5) is 0. The van der Waals surface area contributed by atoms with E-state index >= 15 is 0 Å². The van der Waals surface area contributed by atoms with Gasteiger partial charge in [0, 0.05) is 12.6 Å². The van der Waals surface area contributed by atoms with E-state index in [1.165, 1.54) is 5.56 Å². The van der Waals surface area contributed by atoms with Crippen molar-refractivity contribution < 1.29 is 4.74 Å². The Bertz CT molecular complexity index is 305. The van der Waals surface area contributed by atoms with Gasteiger partial charge in [-0.3, -0.25) is 0 Å². The predicted octanol–water partition coefficient (Wildman–Crippen LogP) is 3.14. The number of hydrogen-bond donors (Lipinski definition) is 1. The molecule has 0 saturated heterocycles. The van der Waals surface area contributed by atoms with Gasteiger partial charge in [0.05, 0.1) is 6.61 Å². The van der Waals surface area contributed by atoms with Crippen LogP contribution in [-0.4, -0.2) is 12.6 Å². The van der Waals surface area contributed by atoms with E-state index in [-0.39, 0.29) is 0 Å². The number of rotatable bonds is 7. The van der Waals surface area contributed by atoms with Gasteiger partial charge in [-0.25, -0.2) is 0 Å². The standard InChI is InChI=1S/C14H21NO/c1-4-6-12(3)15-11-13-7-9-14(10-8-13)16-5-2/h4,7-10,12,15H,1,5-6,11H2,2-3H3. The van der Waals surface area contributed by atoms with Crippen molar-refractivity contribution in [2.24, 2.45) is 0 Å². The maximum atomic E-state index is 5.39. The van der Waals surface area contributed by atoms with Crippen LogP contribution in [-0.2, 0) is 6.54 Å². The summed E-state index contributed by atoms with van der Waals surface area (Å²) in [6, 6.07) is 8.69. The molecule has 2 nitrogen and oxygen atoms in total. The molecule has 1 rings (SSSR count). The Morgan fingerprint density at radius 1 is 1.38 bits per heavy atom. The van der Waals surface area contributed by atoms with Gasteiger partial charge in [-0.2, -0.15) is 0 Å². The van der Waals surface area contributed by atoms with E-state index in [0.717, 1.165) is 18.7 Å². The second-order valence-corrected chi connectivity index (χ2v) is 3.88. The lowest BCUT2D eigenvalue weighted by Crippen LogP contribution is -2.24. The van der Waals surface area contributed by atoms with Crippen LogP contribution in [0, 0.1) is 0 Å². The fourth-order valence-corrected chi connectivity index (χ4v) is 1.50. The van der Waals surface area contributed by atoms with Crippen LogP contribution in [0.15, 0.2) is 36.9 Å². The first-order chi connectivity index (χ1) is 7.76. The van der Waals surface area contributed by atoms with Gasteiger partial charge in [0.25, 0.3) is 0 Å². The molecular weight excluding hydrogens is 198 g/mol. The molecular formula is C14H21NO. The number of benzene rings is 1. The summed E-state index contributed by atoms with van der Waals surface area (Å²) in [7, 11) is 0. The molecule has 0 fully saturated rings. The molecule has 88 valence electrons. The number of hydrogen-bond acceptors (Lipinski definition) is 2. The zero-order chi connectivity index (χ0) is 11.8. The molecule has 0 aliphatic carbocycles. The van der Waals surface area contributed by atoms with Gasteiger partial charge in [-0.15, -0.1) is 6.58 Å².